The second-order valence-electron chi connectivity index (χ2n) is 7.32. The van der Waals surface area contributed by atoms with E-state index in [1.165, 1.54) is 18.4 Å². The highest BCUT2D eigenvalue weighted by molar-refractivity contribution is 5.96. The molecule has 4 nitrogen and oxygen atoms in total. The van der Waals surface area contributed by atoms with E-state index in [4.69, 9.17) is 0 Å². The van der Waals surface area contributed by atoms with Crippen molar-refractivity contribution in [1.29, 1.82) is 0 Å². The molecular formula is C23H30N2O2. The van der Waals surface area contributed by atoms with Gasteiger partial charge in [0.1, 0.15) is 0 Å². The average molecular weight is 367 g/mol. The molecule has 0 fully saturated rings. The Morgan fingerprint density at radius 2 is 1.63 bits per heavy atom. The van der Waals surface area contributed by atoms with Crippen LogP contribution in [0.2, 0.25) is 0 Å². The number of amides is 2. The number of aryl methyl sites for hydroxylation is 2. The number of hydrogen-bond donors (Lipinski definition) is 2. The van der Waals surface area contributed by atoms with Crippen LogP contribution in [0.5, 0.6) is 0 Å². The predicted molar refractivity (Wildman–Crippen MR) is 112 cm³/mol. The van der Waals surface area contributed by atoms with Gasteiger partial charge >= 0.3 is 0 Å². The first-order valence-corrected chi connectivity index (χ1v) is 9.68. The van der Waals surface area contributed by atoms with Crippen molar-refractivity contribution in [1.82, 2.24) is 0 Å². The Labute approximate surface area is 162 Å². The highest BCUT2D eigenvalue weighted by Gasteiger charge is 2.10. The van der Waals surface area contributed by atoms with E-state index in [1.54, 1.807) is 6.07 Å². The Morgan fingerprint density at radius 3 is 2.26 bits per heavy atom. The third-order valence-electron chi connectivity index (χ3n) is 4.51. The summed E-state index contributed by atoms with van der Waals surface area (Å²) in [5.41, 5.74) is 4.68. The van der Waals surface area contributed by atoms with Gasteiger partial charge in [-0.05, 0) is 48.6 Å². The molecule has 2 aromatic rings. The van der Waals surface area contributed by atoms with Gasteiger partial charge in [0.25, 0.3) is 0 Å². The van der Waals surface area contributed by atoms with E-state index in [9.17, 15) is 9.59 Å². The maximum absolute atomic E-state index is 12.4. The minimum atomic E-state index is -0.0929. The van der Waals surface area contributed by atoms with E-state index < -0.39 is 0 Å². The summed E-state index contributed by atoms with van der Waals surface area (Å²) in [6.07, 6.45) is 3.77. The van der Waals surface area contributed by atoms with E-state index in [0.717, 1.165) is 23.2 Å². The molecule has 2 rings (SSSR count). The van der Waals surface area contributed by atoms with Crippen molar-refractivity contribution in [2.75, 3.05) is 10.6 Å². The van der Waals surface area contributed by atoms with Crippen molar-refractivity contribution in [2.24, 2.45) is 5.92 Å². The highest BCUT2D eigenvalue weighted by atomic mass is 16.2. The Balaban J connectivity index is 1.99. The van der Waals surface area contributed by atoms with Crippen LogP contribution in [0.4, 0.5) is 11.4 Å². The van der Waals surface area contributed by atoms with Gasteiger partial charge < -0.3 is 10.6 Å². The van der Waals surface area contributed by atoms with Crippen LogP contribution in [0.1, 0.15) is 50.3 Å². The van der Waals surface area contributed by atoms with Crippen molar-refractivity contribution in [2.45, 2.75) is 53.4 Å². The molecule has 0 spiro atoms. The first-order valence-electron chi connectivity index (χ1n) is 9.68. The zero-order valence-electron chi connectivity index (χ0n) is 16.8. The maximum Gasteiger partial charge on any atom is 0.228 e. The lowest BCUT2D eigenvalue weighted by atomic mass is 10.0. The third-order valence-corrected chi connectivity index (χ3v) is 4.51. The normalized spacial score (nSPS) is 10.7. The Bertz CT molecular complexity index is 779. The molecule has 0 aliphatic carbocycles. The second kappa shape index (κ2) is 9.91. The lowest BCUT2D eigenvalue weighted by Crippen LogP contribution is -2.18. The van der Waals surface area contributed by atoms with Gasteiger partial charge in [-0.25, -0.2) is 0 Å². The number of benzene rings is 2. The molecule has 2 aromatic carbocycles. The van der Waals surface area contributed by atoms with Crippen molar-refractivity contribution < 1.29 is 9.59 Å². The molecule has 0 unspecified atom stereocenters. The van der Waals surface area contributed by atoms with Crippen molar-refractivity contribution in [3.63, 3.8) is 0 Å². The topological polar surface area (TPSA) is 58.2 Å². The second-order valence-corrected chi connectivity index (χ2v) is 7.32. The summed E-state index contributed by atoms with van der Waals surface area (Å²) in [5, 5.41) is 5.82. The van der Waals surface area contributed by atoms with Crippen LogP contribution in [-0.2, 0) is 22.4 Å². The van der Waals surface area contributed by atoms with E-state index >= 15 is 0 Å². The zero-order valence-corrected chi connectivity index (χ0v) is 16.8. The first-order chi connectivity index (χ1) is 12.9. The molecule has 0 heterocycles. The summed E-state index contributed by atoms with van der Waals surface area (Å²) < 4.78 is 0. The molecular weight excluding hydrogens is 336 g/mol. The molecule has 0 aromatic heterocycles. The minimum Gasteiger partial charge on any atom is -0.326 e. The molecule has 0 atom stereocenters. The summed E-state index contributed by atoms with van der Waals surface area (Å²) >= 11 is 0. The highest BCUT2D eigenvalue weighted by Crippen LogP contribution is 2.21. The summed E-state index contributed by atoms with van der Waals surface area (Å²) in [5.74, 6) is -0.198. The third kappa shape index (κ3) is 6.55. The van der Waals surface area contributed by atoms with Crippen LogP contribution in [-0.4, -0.2) is 11.8 Å². The number of carbonyl (C=O) groups excluding carboxylic acids is 2. The van der Waals surface area contributed by atoms with Gasteiger partial charge in [-0.3, -0.25) is 9.59 Å². The van der Waals surface area contributed by atoms with Crippen LogP contribution < -0.4 is 10.6 Å². The van der Waals surface area contributed by atoms with Crippen molar-refractivity contribution in [3.8, 4) is 0 Å². The summed E-state index contributed by atoms with van der Waals surface area (Å²) in [4.78, 5) is 24.3. The van der Waals surface area contributed by atoms with E-state index in [1.807, 2.05) is 45.0 Å². The standard InChI is InChI=1S/C23H30N2O2/c1-5-6-7-18-9-11-19(12-10-18)14-22(26)25-21-15-20(13-8-17(21)4)24-23(27)16(2)3/h8-13,15-16H,5-7,14H2,1-4H3,(H,24,27)(H,25,26). The fourth-order valence-corrected chi connectivity index (χ4v) is 2.71. The molecule has 27 heavy (non-hydrogen) atoms. The number of anilines is 2. The largest absolute Gasteiger partial charge is 0.326 e. The van der Waals surface area contributed by atoms with E-state index in [0.29, 0.717) is 12.1 Å². The van der Waals surface area contributed by atoms with E-state index in [2.05, 4.69) is 29.7 Å². The maximum atomic E-state index is 12.4. The monoisotopic (exact) mass is 366 g/mol. The molecule has 2 N–H and O–H groups in total. The summed E-state index contributed by atoms with van der Waals surface area (Å²) in [7, 11) is 0. The van der Waals surface area contributed by atoms with E-state index in [-0.39, 0.29) is 17.7 Å². The Hall–Kier alpha value is -2.62. The fourth-order valence-electron chi connectivity index (χ4n) is 2.71. The number of rotatable bonds is 8. The fraction of sp³-hybridized carbons (Fsp3) is 0.391. The van der Waals surface area contributed by atoms with Gasteiger partial charge in [0.15, 0.2) is 0 Å². The zero-order chi connectivity index (χ0) is 19.8. The molecule has 0 saturated heterocycles. The molecule has 0 bridgehead atoms. The van der Waals surface area contributed by atoms with Crippen LogP contribution in [0.25, 0.3) is 0 Å². The van der Waals surface area contributed by atoms with Gasteiger partial charge in [-0.1, -0.05) is 57.5 Å². The number of hydrogen-bond acceptors (Lipinski definition) is 2. The SMILES string of the molecule is CCCCc1ccc(CC(=O)Nc2cc(NC(=O)C(C)C)ccc2C)cc1. The average Bonchev–Trinajstić information content (AvgIpc) is 2.63. The van der Waals surface area contributed by atoms with Gasteiger partial charge in [0, 0.05) is 17.3 Å². The van der Waals surface area contributed by atoms with Crippen LogP contribution in [0, 0.1) is 12.8 Å². The number of unbranched alkanes of at least 4 members (excludes halogenated alkanes) is 1. The van der Waals surface area contributed by atoms with Crippen LogP contribution in [0.15, 0.2) is 42.5 Å². The Morgan fingerprint density at radius 1 is 0.963 bits per heavy atom. The van der Waals surface area contributed by atoms with Gasteiger partial charge in [-0.15, -0.1) is 0 Å². The molecule has 4 heteroatoms. The van der Waals surface area contributed by atoms with Gasteiger partial charge in [0.2, 0.25) is 11.8 Å². The molecule has 144 valence electrons. The smallest absolute Gasteiger partial charge is 0.228 e. The lowest BCUT2D eigenvalue weighted by molar-refractivity contribution is -0.119. The molecule has 0 saturated carbocycles. The van der Waals surface area contributed by atoms with Crippen molar-refractivity contribution in [3.05, 3.63) is 59.2 Å². The number of carbonyl (C=O) groups is 2. The molecule has 0 aliphatic rings. The molecule has 2 amide bonds. The van der Waals surface area contributed by atoms with Gasteiger partial charge in [0.05, 0.1) is 6.42 Å². The molecule has 0 radical (unpaired) electrons. The van der Waals surface area contributed by atoms with Crippen molar-refractivity contribution >= 4 is 23.2 Å². The number of nitrogens with one attached hydrogen (secondary N) is 2. The van der Waals surface area contributed by atoms with Gasteiger partial charge in [-0.2, -0.15) is 0 Å². The minimum absolute atomic E-state index is 0.0423. The van der Waals surface area contributed by atoms with Crippen LogP contribution in [0.3, 0.4) is 0 Å². The summed E-state index contributed by atoms with van der Waals surface area (Å²) in [6, 6.07) is 13.8. The predicted octanol–water partition coefficient (Wildman–Crippen LogP) is 5.11. The lowest BCUT2D eigenvalue weighted by Gasteiger charge is -2.13. The van der Waals surface area contributed by atoms with Crippen LogP contribution >= 0.6 is 0 Å². The first kappa shape index (κ1) is 20.7. The quantitative estimate of drug-likeness (QED) is 0.682. The molecule has 0 aliphatic heterocycles. The Kier molecular flexibility index (Phi) is 7.59. The summed E-state index contributed by atoms with van der Waals surface area (Å²) in [6.45, 7) is 7.82.